The topological polar surface area (TPSA) is 72.2 Å². The fourth-order valence-electron chi connectivity index (χ4n) is 2.19. The minimum Gasteiger partial charge on any atom is -0.399 e. The summed E-state index contributed by atoms with van der Waals surface area (Å²) >= 11 is 0. The van der Waals surface area contributed by atoms with Crippen LogP contribution >= 0.6 is 0 Å². The summed E-state index contributed by atoms with van der Waals surface area (Å²) < 4.78 is 27.6. The molecule has 0 heterocycles. The molecule has 2 rings (SSSR count). The van der Waals surface area contributed by atoms with E-state index in [2.05, 4.69) is 4.72 Å². The van der Waals surface area contributed by atoms with Crippen molar-refractivity contribution < 1.29 is 8.42 Å². The van der Waals surface area contributed by atoms with Crippen LogP contribution in [0.5, 0.6) is 0 Å². The summed E-state index contributed by atoms with van der Waals surface area (Å²) in [6, 6.07) is 11.0. The van der Waals surface area contributed by atoms with Crippen LogP contribution in [0, 0.1) is 20.8 Å². The van der Waals surface area contributed by atoms with Gasteiger partial charge in [-0.05, 0) is 55.2 Å². The van der Waals surface area contributed by atoms with Gasteiger partial charge in [0.2, 0.25) is 10.0 Å². The predicted molar refractivity (Wildman–Crippen MR) is 85.5 cm³/mol. The highest BCUT2D eigenvalue weighted by atomic mass is 32.2. The van der Waals surface area contributed by atoms with Crippen LogP contribution in [0.4, 0.5) is 5.69 Å². The summed E-state index contributed by atoms with van der Waals surface area (Å²) in [6.45, 7) is 5.87. The molecule has 0 radical (unpaired) electrons. The Morgan fingerprint density at radius 1 is 1.05 bits per heavy atom. The first-order valence-corrected chi connectivity index (χ1v) is 8.20. The molecule has 3 N–H and O–H groups in total. The van der Waals surface area contributed by atoms with E-state index < -0.39 is 10.0 Å². The van der Waals surface area contributed by atoms with Gasteiger partial charge in [-0.1, -0.05) is 24.3 Å². The van der Waals surface area contributed by atoms with Gasteiger partial charge in [0.1, 0.15) is 0 Å². The lowest BCUT2D eigenvalue weighted by atomic mass is 10.1. The second-order valence-corrected chi connectivity index (χ2v) is 6.95. The summed E-state index contributed by atoms with van der Waals surface area (Å²) in [6.07, 6.45) is 0. The third-order valence-corrected chi connectivity index (χ3v) is 5.17. The van der Waals surface area contributed by atoms with Crippen LogP contribution in [0.1, 0.15) is 22.3 Å². The highest BCUT2D eigenvalue weighted by Crippen LogP contribution is 2.22. The average molecular weight is 304 g/mol. The molecule has 4 nitrogen and oxygen atoms in total. The summed E-state index contributed by atoms with van der Waals surface area (Å²) in [4.78, 5) is 0.244. The van der Waals surface area contributed by atoms with E-state index in [1.807, 2.05) is 38.1 Å². The van der Waals surface area contributed by atoms with Gasteiger partial charge in [0, 0.05) is 12.2 Å². The molecule has 0 saturated heterocycles. The van der Waals surface area contributed by atoms with Gasteiger partial charge in [-0.2, -0.15) is 0 Å². The monoisotopic (exact) mass is 304 g/mol. The lowest BCUT2D eigenvalue weighted by Gasteiger charge is -2.13. The molecule has 5 heteroatoms. The van der Waals surface area contributed by atoms with Crippen LogP contribution < -0.4 is 10.5 Å². The Bertz CT molecular complexity index is 768. The van der Waals surface area contributed by atoms with Crippen LogP contribution in [0.3, 0.4) is 0 Å². The normalized spacial score (nSPS) is 11.6. The van der Waals surface area contributed by atoms with Crippen molar-refractivity contribution in [1.82, 2.24) is 4.72 Å². The van der Waals surface area contributed by atoms with Gasteiger partial charge in [0.15, 0.2) is 0 Å². The van der Waals surface area contributed by atoms with Crippen molar-refractivity contribution in [1.29, 1.82) is 0 Å². The maximum Gasteiger partial charge on any atom is 0.241 e. The fraction of sp³-hybridized carbons (Fsp3) is 0.250. The van der Waals surface area contributed by atoms with E-state index in [4.69, 9.17) is 5.73 Å². The van der Waals surface area contributed by atoms with Crippen LogP contribution in [0.2, 0.25) is 0 Å². The number of hydrogen-bond acceptors (Lipinski definition) is 3. The standard InChI is InChI=1S/C16H20N2O2S/c1-11-6-4-5-7-14(11)10-18-21(19,20)16-9-15(17)8-12(2)13(16)3/h4-9,18H,10,17H2,1-3H3. The number of sulfonamides is 1. The number of nitrogen functional groups attached to an aromatic ring is 1. The molecule has 0 fully saturated rings. The molecule has 0 aliphatic rings. The average Bonchev–Trinajstić information content (AvgIpc) is 2.42. The zero-order chi connectivity index (χ0) is 15.6. The minimum absolute atomic E-state index is 0.244. The first-order valence-electron chi connectivity index (χ1n) is 6.72. The van der Waals surface area contributed by atoms with Gasteiger partial charge in [-0.15, -0.1) is 0 Å². The Balaban J connectivity index is 2.30. The van der Waals surface area contributed by atoms with E-state index in [9.17, 15) is 8.42 Å². The second kappa shape index (κ2) is 5.87. The van der Waals surface area contributed by atoms with Crippen LogP contribution in [-0.2, 0) is 16.6 Å². The SMILES string of the molecule is Cc1ccccc1CNS(=O)(=O)c1cc(N)cc(C)c1C. The first kappa shape index (κ1) is 15.5. The fourth-order valence-corrected chi connectivity index (χ4v) is 3.55. The predicted octanol–water partition coefficient (Wildman–Crippen LogP) is 2.67. The van der Waals surface area contributed by atoms with Crippen molar-refractivity contribution >= 4 is 15.7 Å². The number of hydrogen-bond donors (Lipinski definition) is 2. The Labute approximate surface area is 126 Å². The molecule has 0 aliphatic heterocycles. The van der Waals surface area contributed by atoms with Gasteiger partial charge in [-0.3, -0.25) is 0 Å². The van der Waals surface area contributed by atoms with Gasteiger partial charge in [0.25, 0.3) is 0 Å². The van der Waals surface area contributed by atoms with Crippen molar-refractivity contribution in [2.24, 2.45) is 0 Å². The molecule has 2 aromatic carbocycles. The highest BCUT2D eigenvalue weighted by molar-refractivity contribution is 7.89. The zero-order valence-corrected chi connectivity index (χ0v) is 13.3. The van der Waals surface area contributed by atoms with E-state index in [1.165, 1.54) is 6.07 Å². The molecular weight excluding hydrogens is 284 g/mol. The summed E-state index contributed by atoms with van der Waals surface area (Å²) in [5.41, 5.74) is 9.82. The summed E-state index contributed by atoms with van der Waals surface area (Å²) in [7, 11) is -3.58. The molecule has 0 aliphatic carbocycles. The summed E-state index contributed by atoms with van der Waals surface area (Å²) in [5.74, 6) is 0. The van der Waals surface area contributed by atoms with E-state index in [1.54, 1.807) is 13.0 Å². The molecular formula is C16H20N2O2S. The van der Waals surface area contributed by atoms with Gasteiger partial charge in [0.05, 0.1) is 4.90 Å². The zero-order valence-electron chi connectivity index (χ0n) is 12.5. The summed E-state index contributed by atoms with van der Waals surface area (Å²) in [5, 5.41) is 0. The van der Waals surface area contributed by atoms with Crippen LogP contribution in [0.25, 0.3) is 0 Å². The molecule has 0 saturated carbocycles. The first-order chi connectivity index (χ1) is 9.81. The van der Waals surface area contributed by atoms with E-state index in [-0.39, 0.29) is 11.4 Å². The number of nitrogens with one attached hydrogen (secondary N) is 1. The Morgan fingerprint density at radius 2 is 1.71 bits per heavy atom. The lowest BCUT2D eigenvalue weighted by molar-refractivity contribution is 0.580. The number of aryl methyl sites for hydroxylation is 2. The maximum absolute atomic E-state index is 12.5. The molecule has 0 amide bonds. The Kier molecular flexibility index (Phi) is 4.34. The number of nitrogens with two attached hydrogens (primary N) is 1. The molecule has 112 valence electrons. The van der Waals surface area contributed by atoms with Crippen molar-refractivity contribution in [2.45, 2.75) is 32.2 Å². The number of anilines is 1. The second-order valence-electron chi connectivity index (χ2n) is 5.21. The number of benzene rings is 2. The maximum atomic E-state index is 12.5. The molecule has 0 spiro atoms. The van der Waals surface area contributed by atoms with Gasteiger partial charge < -0.3 is 5.73 Å². The molecule has 0 bridgehead atoms. The Hall–Kier alpha value is -1.85. The third kappa shape index (κ3) is 3.43. The van der Waals surface area contributed by atoms with Gasteiger partial charge >= 0.3 is 0 Å². The van der Waals surface area contributed by atoms with Crippen molar-refractivity contribution in [3.05, 3.63) is 58.7 Å². The molecule has 21 heavy (non-hydrogen) atoms. The van der Waals surface area contributed by atoms with E-state index in [0.717, 1.165) is 22.3 Å². The smallest absolute Gasteiger partial charge is 0.241 e. The minimum atomic E-state index is -3.58. The van der Waals surface area contributed by atoms with Crippen molar-refractivity contribution in [2.75, 3.05) is 5.73 Å². The Morgan fingerprint density at radius 3 is 2.38 bits per heavy atom. The largest absolute Gasteiger partial charge is 0.399 e. The van der Waals surface area contributed by atoms with E-state index >= 15 is 0 Å². The lowest BCUT2D eigenvalue weighted by Crippen LogP contribution is -2.24. The van der Waals surface area contributed by atoms with Crippen molar-refractivity contribution in [3.8, 4) is 0 Å². The molecule has 0 aromatic heterocycles. The number of rotatable bonds is 4. The molecule has 0 unspecified atom stereocenters. The third-order valence-electron chi connectivity index (χ3n) is 3.65. The molecule has 0 atom stereocenters. The van der Waals surface area contributed by atoms with E-state index in [0.29, 0.717) is 5.69 Å². The molecule has 2 aromatic rings. The van der Waals surface area contributed by atoms with Crippen LogP contribution in [0.15, 0.2) is 41.3 Å². The van der Waals surface area contributed by atoms with Gasteiger partial charge in [-0.25, -0.2) is 13.1 Å². The van der Waals surface area contributed by atoms with Crippen molar-refractivity contribution in [3.63, 3.8) is 0 Å². The highest BCUT2D eigenvalue weighted by Gasteiger charge is 2.18. The van der Waals surface area contributed by atoms with Crippen LogP contribution in [-0.4, -0.2) is 8.42 Å². The quantitative estimate of drug-likeness (QED) is 0.853.